The zero-order valence-corrected chi connectivity index (χ0v) is 17.0. The van der Waals surface area contributed by atoms with Crippen LogP contribution in [0, 0.1) is 20.8 Å². The Morgan fingerprint density at radius 3 is 2.37 bits per heavy atom. The van der Waals surface area contributed by atoms with E-state index in [0.29, 0.717) is 19.5 Å². The first-order chi connectivity index (χ1) is 13.0. The van der Waals surface area contributed by atoms with Gasteiger partial charge in [0.15, 0.2) is 0 Å². The van der Waals surface area contributed by atoms with Gasteiger partial charge in [-0.25, -0.2) is 4.79 Å². The average Bonchev–Trinajstić information content (AvgIpc) is 3.19. The maximum atomic E-state index is 12.7. The summed E-state index contributed by atoms with van der Waals surface area (Å²) in [5, 5.41) is 7.65. The minimum absolute atomic E-state index is 0.0423. The van der Waals surface area contributed by atoms with Crippen LogP contribution in [0.3, 0.4) is 0 Å². The fourth-order valence-electron chi connectivity index (χ4n) is 4.05. The smallest absolute Gasteiger partial charge is 0.320 e. The minimum Gasteiger partial charge on any atom is -0.352 e. The lowest BCUT2D eigenvalue weighted by molar-refractivity contribution is -0.122. The molecule has 0 unspecified atom stereocenters. The van der Waals surface area contributed by atoms with E-state index in [2.05, 4.69) is 17.3 Å². The standard InChI is InChI=1S/C20H33N5O2/c1-15-16(2)22-25(17(15)3)13-9-19(26)21-18-8-4-5-12-24(14-18)20(27)23-10-6-7-11-23/h18H,4-14H2,1-3H3,(H,21,26)/t18-/m1/s1. The lowest BCUT2D eigenvalue weighted by Crippen LogP contribution is -2.48. The van der Waals surface area contributed by atoms with E-state index in [4.69, 9.17) is 0 Å². The molecule has 150 valence electrons. The lowest BCUT2D eigenvalue weighted by Gasteiger charge is -2.29. The van der Waals surface area contributed by atoms with Crippen molar-refractivity contribution in [2.45, 2.75) is 71.9 Å². The number of carbonyl (C=O) groups excluding carboxylic acids is 2. The number of aryl methyl sites for hydroxylation is 2. The molecule has 2 aliphatic heterocycles. The summed E-state index contributed by atoms with van der Waals surface area (Å²) in [6.45, 7) is 9.85. The van der Waals surface area contributed by atoms with E-state index in [0.717, 1.165) is 63.1 Å². The molecule has 0 bridgehead atoms. The van der Waals surface area contributed by atoms with Crippen molar-refractivity contribution in [1.29, 1.82) is 0 Å². The third kappa shape index (κ3) is 4.82. The molecule has 2 aliphatic rings. The van der Waals surface area contributed by atoms with Crippen molar-refractivity contribution in [2.75, 3.05) is 26.2 Å². The van der Waals surface area contributed by atoms with Crippen molar-refractivity contribution in [1.82, 2.24) is 24.9 Å². The van der Waals surface area contributed by atoms with E-state index in [9.17, 15) is 9.59 Å². The third-order valence-electron chi connectivity index (χ3n) is 5.98. The lowest BCUT2D eigenvalue weighted by atomic mass is 10.1. The molecule has 0 aromatic carbocycles. The number of urea groups is 1. The quantitative estimate of drug-likeness (QED) is 0.878. The van der Waals surface area contributed by atoms with E-state index in [1.165, 1.54) is 5.56 Å². The molecule has 1 atom stereocenters. The zero-order chi connectivity index (χ0) is 19.4. The van der Waals surface area contributed by atoms with Crippen LogP contribution in [-0.4, -0.2) is 63.7 Å². The maximum Gasteiger partial charge on any atom is 0.320 e. The first-order valence-electron chi connectivity index (χ1n) is 10.3. The van der Waals surface area contributed by atoms with Crippen molar-refractivity contribution in [3.05, 3.63) is 17.0 Å². The first-order valence-corrected chi connectivity index (χ1v) is 10.3. The van der Waals surface area contributed by atoms with Crippen molar-refractivity contribution in [3.63, 3.8) is 0 Å². The van der Waals surface area contributed by atoms with Gasteiger partial charge in [-0.15, -0.1) is 0 Å². The first kappa shape index (κ1) is 19.7. The number of rotatable bonds is 4. The second kappa shape index (κ2) is 8.76. The number of amides is 3. The molecule has 27 heavy (non-hydrogen) atoms. The maximum absolute atomic E-state index is 12.7. The summed E-state index contributed by atoms with van der Waals surface area (Å²) >= 11 is 0. The van der Waals surface area contributed by atoms with Gasteiger partial charge in [0.2, 0.25) is 5.91 Å². The highest BCUT2D eigenvalue weighted by molar-refractivity contribution is 5.77. The van der Waals surface area contributed by atoms with E-state index < -0.39 is 0 Å². The molecule has 7 heteroatoms. The molecular formula is C20H33N5O2. The third-order valence-corrected chi connectivity index (χ3v) is 5.98. The SMILES string of the molecule is Cc1nn(CCC(=O)N[C@@H]2CCCCN(C(=O)N3CCCC3)C2)c(C)c1C. The molecular weight excluding hydrogens is 342 g/mol. The van der Waals surface area contributed by atoms with E-state index in [1.807, 2.05) is 28.3 Å². The molecule has 2 fully saturated rings. The molecule has 1 aromatic rings. The van der Waals surface area contributed by atoms with Gasteiger partial charge in [0.1, 0.15) is 0 Å². The summed E-state index contributed by atoms with van der Waals surface area (Å²) in [5.41, 5.74) is 3.33. The highest BCUT2D eigenvalue weighted by Crippen LogP contribution is 2.16. The summed E-state index contributed by atoms with van der Waals surface area (Å²) in [5.74, 6) is 0.0423. The fourth-order valence-corrected chi connectivity index (χ4v) is 4.05. The summed E-state index contributed by atoms with van der Waals surface area (Å²) in [4.78, 5) is 29.1. The number of likely N-dealkylation sites (tertiary alicyclic amines) is 2. The van der Waals surface area contributed by atoms with Gasteiger partial charge in [-0.3, -0.25) is 9.48 Å². The Morgan fingerprint density at radius 1 is 1.04 bits per heavy atom. The normalized spacial score (nSPS) is 20.6. The fraction of sp³-hybridized carbons (Fsp3) is 0.750. The van der Waals surface area contributed by atoms with Crippen LogP contribution >= 0.6 is 0 Å². The monoisotopic (exact) mass is 375 g/mol. The van der Waals surface area contributed by atoms with Crippen LogP contribution in [0.4, 0.5) is 4.79 Å². The summed E-state index contributed by atoms with van der Waals surface area (Å²) in [6, 6.07) is 0.195. The van der Waals surface area contributed by atoms with Crippen LogP contribution in [0.1, 0.15) is 55.5 Å². The van der Waals surface area contributed by atoms with Crippen molar-refractivity contribution in [2.24, 2.45) is 0 Å². The number of nitrogens with zero attached hydrogens (tertiary/aromatic N) is 4. The Bertz CT molecular complexity index is 678. The molecule has 1 aromatic heterocycles. The molecule has 0 aliphatic carbocycles. The second-order valence-corrected chi connectivity index (χ2v) is 7.95. The number of hydrogen-bond donors (Lipinski definition) is 1. The van der Waals surface area contributed by atoms with Crippen LogP contribution in [0.5, 0.6) is 0 Å². The summed E-state index contributed by atoms with van der Waals surface area (Å²) < 4.78 is 1.92. The van der Waals surface area contributed by atoms with Crippen LogP contribution in [0.2, 0.25) is 0 Å². The molecule has 0 radical (unpaired) electrons. The Hall–Kier alpha value is -2.05. The van der Waals surface area contributed by atoms with Gasteiger partial charge in [-0.05, 0) is 58.4 Å². The Balaban J connectivity index is 1.51. The Kier molecular flexibility index (Phi) is 6.39. The van der Waals surface area contributed by atoms with Crippen LogP contribution in [-0.2, 0) is 11.3 Å². The summed E-state index contributed by atoms with van der Waals surface area (Å²) in [6.07, 6.45) is 5.62. The van der Waals surface area contributed by atoms with Gasteiger partial charge in [0.25, 0.3) is 0 Å². The number of carbonyl (C=O) groups is 2. The molecule has 1 N–H and O–H groups in total. The molecule has 3 heterocycles. The molecule has 0 saturated carbocycles. The molecule has 0 spiro atoms. The van der Waals surface area contributed by atoms with Crippen LogP contribution < -0.4 is 5.32 Å². The molecule has 7 nitrogen and oxygen atoms in total. The van der Waals surface area contributed by atoms with Crippen molar-refractivity contribution >= 4 is 11.9 Å². The predicted octanol–water partition coefficient (Wildman–Crippen LogP) is 2.38. The number of nitrogens with one attached hydrogen (secondary N) is 1. The van der Waals surface area contributed by atoms with E-state index in [1.54, 1.807) is 0 Å². The molecule has 3 rings (SSSR count). The number of hydrogen-bond acceptors (Lipinski definition) is 3. The number of aromatic nitrogens is 2. The van der Waals surface area contributed by atoms with Crippen LogP contribution in [0.15, 0.2) is 0 Å². The topological polar surface area (TPSA) is 70.5 Å². The van der Waals surface area contributed by atoms with Gasteiger partial charge in [0.05, 0.1) is 5.69 Å². The van der Waals surface area contributed by atoms with Gasteiger partial charge in [0, 0.05) is 50.9 Å². The Morgan fingerprint density at radius 2 is 1.70 bits per heavy atom. The van der Waals surface area contributed by atoms with Gasteiger partial charge >= 0.3 is 6.03 Å². The Labute approximate surface area is 162 Å². The second-order valence-electron chi connectivity index (χ2n) is 7.95. The van der Waals surface area contributed by atoms with Crippen molar-refractivity contribution < 1.29 is 9.59 Å². The molecule has 3 amide bonds. The van der Waals surface area contributed by atoms with Crippen LogP contribution in [0.25, 0.3) is 0 Å². The largest absolute Gasteiger partial charge is 0.352 e. The van der Waals surface area contributed by atoms with Gasteiger partial charge < -0.3 is 15.1 Å². The van der Waals surface area contributed by atoms with E-state index >= 15 is 0 Å². The summed E-state index contributed by atoms with van der Waals surface area (Å²) in [7, 11) is 0. The van der Waals surface area contributed by atoms with Crippen molar-refractivity contribution in [3.8, 4) is 0 Å². The predicted molar refractivity (Wildman–Crippen MR) is 105 cm³/mol. The average molecular weight is 376 g/mol. The highest BCUT2D eigenvalue weighted by Gasteiger charge is 2.27. The zero-order valence-electron chi connectivity index (χ0n) is 17.0. The van der Waals surface area contributed by atoms with E-state index in [-0.39, 0.29) is 18.0 Å². The van der Waals surface area contributed by atoms with Gasteiger partial charge in [-0.1, -0.05) is 0 Å². The molecule has 2 saturated heterocycles. The minimum atomic E-state index is 0.0423. The van der Waals surface area contributed by atoms with Gasteiger partial charge in [-0.2, -0.15) is 5.10 Å². The highest BCUT2D eigenvalue weighted by atomic mass is 16.2.